The first-order valence-electron chi connectivity index (χ1n) is 7.91. The Kier molecular flexibility index (Phi) is 5.30. The number of hydrogen-bond acceptors (Lipinski definition) is 3. The predicted octanol–water partition coefficient (Wildman–Crippen LogP) is 3.70. The summed E-state index contributed by atoms with van der Waals surface area (Å²) in [5.41, 5.74) is 7.54. The molecule has 0 aliphatic carbocycles. The van der Waals surface area contributed by atoms with E-state index in [-0.39, 0.29) is 23.9 Å². The summed E-state index contributed by atoms with van der Waals surface area (Å²) in [7, 11) is 0. The molecule has 3 N–H and O–H groups in total. The molecule has 0 radical (unpaired) electrons. The van der Waals surface area contributed by atoms with E-state index in [2.05, 4.69) is 20.1 Å². The lowest BCUT2D eigenvalue weighted by molar-refractivity contribution is -0.274. The van der Waals surface area contributed by atoms with Gasteiger partial charge < -0.3 is 15.8 Å². The molecule has 0 saturated heterocycles. The normalized spacial score (nSPS) is 12.0. The molecule has 1 aromatic heterocycles. The second kappa shape index (κ2) is 7.81. The summed E-state index contributed by atoms with van der Waals surface area (Å²) < 4.78 is 43.0. The van der Waals surface area contributed by atoms with Crippen LogP contribution in [0.1, 0.15) is 5.56 Å². The van der Waals surface area contributed by atoms with E-state index in [1.54, 1.807) is 23.1 Å². The van der Waals surface area contributed by atoms with Crippen molar-refractivity contribution in [2.45, 2.75) is 12.9 Å². The zero-order chi connectivity index (χ0) is 19.3. The molecule has 0 atom stereocenters. The van der Waals surface area contributed by atoms with Gasteiger partial charge in [0.1, 0.15) is 0 Å². The minimum absolute atomic E-state index is 0.0410. The number of halogens is 3. The number of benzene rings is 2. The van der Waals surface area contributed by atoms with Crippen molar-refractivity contribution in [1.29, 1.82) is 0 Å². The fourth-order valence-electron chi connectivity index (χ4n) is 2.30. The number of nitrogens with one attached hydrogen (secondary N) is 1. The quantitative estimate of drug-likeness (QED) is 0.527. The van der Waals surface area contributed by atoms with Gasteiger partial charge in [-0.2, -0.15) is 5.10 Å². The highest BCUT2D eigenvalue weighted by Crippen LogP contribution is 2.29. The molecule has 27 heavy (non-hydrogen) atoms. The van der Waals surface area contributed by atoms with Crippen molar-refractivity contribution in [2.75, 3.05) is 5.32 Å². The summed E-state index contributed by atoms with van der Waals surface area (Å²) in [5.74, 6) is -0.430. The minimum atomic E-state index is -4.80. The van der Waals surface area contributed by atoms with E-state index in [1.807, 2.05) is 30.3 Å². The van der Waals surface area contributed by atoms with Gasteiger partial charge in [-0.1, -0.05) is 30.3 Å². The van der Waals surface area contributed by atoms with Crippen LogP contribution >= 0.6 is 0 Å². The highest BCUT2D eigenvalue weighted by atomic mass is 19.4. The number of aliphatic imine (C=N–C) groups is 1. The number of para-hydroxylation sites is 3. The van der Waals surface area contributed by atoms with Crippen molar-refractivity contribution in [2.24, 2.45) is 10.7 Å². The van der Waals surface area contributed by atoms with Crippen LogP contribution in [-0.2, 0) is 6.54 Å². The summed E-state index contributed by atoms with van der Waals surface area (Å²) in [6.07, 6.45) is -1.35. The Morgan fingerprint density at radius 3 is 2.56 bits per heavy atom. The Morgan fingerprint density at radius 1 is 1.11 bits per heavy atom. The third kappa shape index (κ3) is 5.24. The van der Waals surface area contributed by atoms with Crippen molar-refractivity contribution in [3.63, 3.8) is 0 Å². The largest absolute Gasteiger partial charge is 0.573 e. The van der Waals surface area contributed by atoms with Crippen LogP contribution in [-0.4, -0.2) is 22.1 Å². The smallest absolute Gasteiger partial charge is 0.404 e. The maximum atomic E-state index is 12.4. The van der Waals surface area contributed by atoms with Gasteiger partial charge in [-0.05, 0) is 24.3 Å². The lowest BCUT2D eigenvalue weighted by Crippen LogP contribution is -2.24. The van der Waals surface area contributed by atoms with Crippen molar-refractivity contribution in [3.8, 4) is 11.4 Å². The van der Waals surface area contributed by atoms with Crippen LogP contribution in [0.4, 0.5) is 18.9 Å². The first kappa shape index (κ1) is 18.3. The number of aromatic nitrogens is 2. The van der Waals surface area contributed by atoms with Gasteiger partial charge in [0.25, 0.3) is 0 Å². The summed E-state index contributed by atoms with van der Waals surface area (Å²) in [6, 6.07) is 15.1. The summed E-state index contributed by atoms with van der Waals surface area (Å²) >= 11 is 0. The summed E-state index contributed by atoms with van der Waals surface area (Å²) in [4.78, 5) is 4.13. The van der Waals surface area contributed by atoms with Crippen LogP contribution in [0.15, 0.2) is 72.0 Å². The van der Waals surface area contributed by atoms with E-state index in [0.29, 0.717) is 0 Å². The van der Waals surface area contributed by atoms with Crippen LogP contribution in [0.5, 0.6) is 5.75 Å². The van der Waals surface area contributed by atoms with E-state index in [0.717, 1.165) is 11.3 Å². The van der Waals surface area contributed by atoms with Crippen LogP contribution in [0.2, 0.25) is 0 Å². The predicted molar refractivity (Wildman–Crippen MR) is 95.6 cm³/mol. The number of alkyl halides is 3. The Morgan fingerprint density at radius 2 is 1.81 bits per heavy atom. The van der Waals surface area contributed by atoms with E-state index in [9.17, 15) is 13.2 Å². The third-order valence-corrected chi connectivity index (χ3v) is 3.46. The van der Waals surface area contributed by atoms with Gasteiger partial charge in [0, 0.05) is 11.8 Å². The molecule has 0 spiro atoms. The molecular weight excluding hydrogens is 359 g/mol. The number of hydrogen-bond donors (Lipinski definition) is 2. The van der Waals surface area contributed by atoms with Gasteiger partial charge in [0.15, 0.2) is 11.7 Å². The molecule has 9 heteroatoms. The molecule has 3 aromatic rings. The standard InChI is InChI=1S/C18H16F3N5O/c19-18(20,21)27-16-9-5-4-8-15(16)25-17(22)23-10-13-11-24-26(12-13)14-6-2-1-3-7-14/h1-9,11-12H,10H2,(H3,22,23,25). The fraction of sp³-hybridized carbons (Fsp3) is 0.111. The molecule has 0 aliphatic rings. The molecule has 6 nitrogen and oxygen atoms in total. The van der Waals surface area contributed by atoms with Crippen LogP contribution in [0, 0.1) is 0 Å². The van der Waals surface area contributed by atoms with Gasteiger partial charge >= 0.3 is 6.36 Å². The number of guanidine groups is 1. The van der Waals surface area contributed by atoms with E-state index >= 15 is 0 Å². The van der Waals surface area contributed by atoms with Gasteiger partial charge in [-0.25, -0.2) is 9.67 Å². The van der Waals surface area contributed by atoms with Crippen molar-refractivity contribution >= 4 is 11.6 Å². The van der Waals surface area contributed by atoms with Gasteiger partial charge in [-0.15, -0.1) is 13.2 Å². The minimum Gasteiger partial charge on any atom is -0.404 e. The van der Waals surface area contributed by atoms with Crippen molar-refractivity contribution < 1.29 is 17.9 Å². The number of rotatable bonds is 5. The third-order valence-electron chi connectivity index (χ3n) is 3.46. The topological polar surface area (TPSA) is 77.5 Å². The average Bonchev–Trinajstić information content (AvgIpc) is 3.10. The Labute approximate surface area is 153 Å². The number of ether oxygens (including phenoxy) is 1. The van der Waals surface area contributed by atoms with Crippen LogP contribution < -0.4 is 15.8 Å². The average molecular weight is 375 g/mol. The molecule has 140 valence electrons. The number of nitrogens with two attached hydrogens (primary N) is 1. The van der Waals surface area contributed by atoms with E-state index in [1.165, 1.54) is 18.2 Å². The van der Waals surface area contributed by atoms with Gasteiger partial charge in [0.05, 0.1) is 24.1 Å². The molecule has 0 amide bonds. The Bertz CT molecular complexity index is 922. The van der Waals surface area contributed by atoms with E-state index < -0.39 is 6.36 Å². The zero-order valence-corrected chi connectivity index (χ0v) is 14.0. The molecule has 1 heterocycles. The SMILES string of the molecule is NC(=NCc1cnn(-c2ccccc2)c1)Nc1ccccc1OC(F)(F)F. The molecule has 0 fully saturated rings. The lowest BCUT2D eigenvalue weighted by atomic mass is 10.3. The molecule has 3 rings (SSSR count). The van der Waals surface area contributed by atoms with Crippen molar-refractivity contribution in [3.05, 3.63) is 72.6 Å². The van der Waals surface area contributed by atoms with Crippen LogP contribution in [0.3, 0.4) is 0 Å². The number of anilines is 1. The Hall–Kier alpha value is -3.49. The highest BCUT2D eigenvalue weighted by Gasteiger charge is 2.32. The second-order valence-electron chi connectivity index (χ2n) is 5.50. The highest BCUT2D eigenvalue weighted by molar-refractivity contribution is 5.93. The van der Waals surface area contributed by atoms with Crippen LogP contribution in [0.25, 0.3) is 5.69 Å². The maximum Gasteiger partial charge on any atom is 0.573 e. The monoisotopic (exact) mass is 375 g/mol. The molecule has 0 unspecified atom stereocenters. The zero-order valence-electron chi connectivity index (χ0n) is 14.0. The summed E-state index contributed by atoms with van der Waals surface area (Å²) in [5, 5.41) is 6.86. The first-order chi connectivity index (χ1) is 12.9. The first-order valence-corrected chi connectivity index (χ1v) is 7.91. The van der Waals surface area contributed by atoms with Gasteiger partial charge in [-0.3, -0.25) is 0 Å². The molecule has 2 aromatic carbocycles. The second-order valence-corrected chi connectivity index (χ2v) is 5.50. The molecule has 0 aliphatic heterocycles. The molecule has 0 bridgehead atoms. The lowest BCUT2D eigenvalue weighted by Gasteiger charge is -2.14. The maximum absolute atomic E-state index is 12.4. The number of nitrogens with zero attached hydrogens (tertiary/aromatic N) is 3. The van der Waals surface area contributed by atoms with E-state index in [4.69, 9.17) is 5.73 Å². The molecule has 0 saturated carbocycles. The van der Waals surface area contributed by atoms with Crippen molar-refractivity contribution in [1.82, 2.24) is 9.78 Å². The molecular formula is C18H16F3N5O. The fourth-order valence-corrected chi connectivity index (χ4v) is 2.30. The van der Waals surface area contributed by atoms with Gasteiger partial charge in [0.2, 0.25) is 0 Å². The summed E-state index contributed by atoms with van der Waals surface area (Å²) in [6.45, 7) is 0.216. The Balaban J connectivity index is 1.67.